The second-order valence-electron chi connectivity index (χ2n) is 3.96. The van der Waals surface area contributed by atoms with Gasteiger partial charge in [0.1, 0.15) is 10.7 Å². The standard InChI is InChI=1S/C11H19N3O2S2/c1-4-9(8-17-3)14(2)18(15,16)10-5-6-11(12)13-7-10/h5-7,9H,4,8H2,1-3H3,(H2,12,13). The van der Waals surface area contributed by atoms with Crippen LogP contribution in [0.15, 0.2) is 23.2 Å². The molecule has 0 bridgehead atoms. The topological polar surface area (TPSA) is 76.3 Å². The Kier molecular flexibility index (Phi) is 5.43. The number of pyridine rings is 1. The number of nitrogens with two attached hydrogens (primary N) is 1. The second kappa shape index (κ2) is 6.40. The number of nitrogen functional groups attached to an aromatic ring is 1. The zero-order valence-corrected chi connectivity index (χ0v) is 12.5. The molecule has 0 radical (unpaired) electrons. The van der Waals surface area contributed by atoms with E-state index in [4.69, 9.17) is 5.73 Å². The van der Waals surface area contributed by atoms with E-state index in [1.165, 1.54) is 22.6 Å². The highest BCUT2D eigenvalue weighted by molar-refractivity contribution is 7.98. The Morgan fingerprint density at radius 1 is 1.50 bits per heavy atom. The molecule has 7 heteroatoms. The van der Waals surface area contributed by atoms with Gasteiger partial charge in [0, 0.05) is 25.0 Å². The van der Waals surface area contributed by atoms with Gasteiger partial charge in [0.25, 0.3) is 0 Å². The Morgan fingerprint density at radius 3 is 2.61 bits per heavy atom. The van der Waals surface area contributed by atoms with Crippen molar-refractivity contribution in [2.24, 2.45) is 0 Å². The van der Waals surface area contributed by atoms with Crippen LogP contribution in [0.3, 0.4) is 0 Å². The maximum atomic E-state index is 12.4. The summed E-state index contributed by atoms with van der Waals surface area (Å²) in [6.45, 7) is 1.98. The first-order valence-corrected chi connectivity index (χ1v) is 8.45. The number of sulfonamides is 1. The Bertz CT molecular complexity index is 474. The Morgan fingerprint density at radius 2 is 2.17 bits per heavy atom. The maximum Gasteiger partial charge on any atom is 0.244 e. The van der Waals surface area contributed by atoms with E-state index in [1.54, 1.807) is 18.8 Å². The van der Waals surface area contributed by atoms with Gasteiger partial charge in [-0.05, 0) is 24.8 Å². The van der Waals surface area contributed by atoms with E-state index in [1.807, 2.05) is 13.2 Å². The maximum absolute atomic E-state index is 12.4. The third-order valence-electron chi connectivity index (χ3n) is 2.78. The summed E-state index contributed by atoms with van der Waals surface area (Å²) in [5.74, 6) is 1.09. The van der Waals surface area contributed by atoms with Gasteiger partial charge in [0.2, 0.25) is 10.0 Å². The van der Waals surface area contributed by atoms with Crippen LogP contribution in [-0.4, -0.2) is 42.8 Å². The fraction of sp³-hybridized carbons (Fsp3) is 0.545. The predicted molar refractivity (Wildman–Crippen MR) is 76.1 cm³/mol. The van der Waals surface area contributed by atoms with E-state index < -0.39 is 10.0 Å². The molecule has 102 valence electrons. The lowest BCUT2D eigenvalue weighted by atomic mass is 10.3. The van der Waals surface area contributed by atoms with Gasteiger partial charge in [0.15, 0.2) is 0 Å². The molecule has 1 unspecified atom stereocenters. The van der Waals surface area contributed by atoms with E-state index in [-0.39, 0.29) is 10.9 Å². The molecule has 0 amide bonds. The number of rotatable bonds is 6. The summed E-state index contributed by atoms with van der Waals surface area (Å²) >= 11 is 1.63. The molecule has 0 aliphatic carbocycles. The van der Waals surface area contributed by atoms with Gasteiger partial charge in [-0.1, -0.05) is 6.92 Å². The van der Waals surface area contributed by atoms with Gasteiger partial charge < -0.3 is 5.73 Å². The van der Waals surface area contributed by atoms with Crippen molar-refractivity contribution in [1.82, 2.24) is 9.29 Å². The van der Waals surface area contributed by atoms with Crippen LogP contribution in [0.5, 0.6) is 0 Å². The Balaban J connectivity index is 3.01. The molecule has 1 aromatic rings. The van der Waals surface area contributed by atoms with Crippen LogP contribution in [-0.2, 0) is 10.0 Å². The molecular weight excluding hydrogens is 270 g/mol. The smallest absolute Gasteiger partial charge is 0.244 e. The van der Waals surface area contributed by atoms with Crippen LogP contribution in [0.4, 0.5) is 5.82 Å². The minimum Gasteiger partial charge on any atom is -0.384 e. The number of nitrogens with zero attached hydrogens (tertiary/aromatic N) is 2. The minimum absolute atomic E-state index is 0.0115. The third-order valence-corrected chi connectivity index (χ3v) is 5.39. The van der Waals surface area contributed by atoms with E-state index >= 15 is 0 Å². The quantitative estimate of drug-likeness (QED) is 0.857. The van der Waals surface area contributed by atoms with Crippen LogP contribution in [0.25, 0.3) is 0 Å². The number of aromatic nitrogens is 1. The first-order valence-electron chi connectivity index (χ1n) is 5.62. The summed E-state index contributed by atoms with van der Waals surface area (Å²) < 4.78 is 26.1. The average Bonchev–Trinajstić information content (AvgIpc) is 2.35. The molecule has 0 aliphatic heterocycles. The highest BCUT2D eigenvalue weighted by atomic mass is 32.2. The Hall–Kier alpha value is -0.790. The minimum atomic E-state index is -3.49. The molecule has 5 nitrogen and oxygen atoms in total. The van der Waals surface area contributed by atoms with E-state index in [2.05, 4.69) is 4.98 Å². The average molecular weight is 289 g/mol. The van der Waals surface area contributed by atoms with Crippen molar-refractivity contribution in [2.75, 3.05) is 24.8 Å². The second-order valence-corrected chi connectivity index (χ2v) is 6.87. The first-order chi connectivity index (χ1) is 8.43. The van der Waals surface area contributed by atoms with Crippen molar-refractivity contribution in [2.45, 2.75) is 24.3 Å². The van der Waals surface area contributed by atoms with Crippen LogP contribution < -0.4 is 5.73 Å². The molecule has 1 aromatic heterocycles. The summed E-state index contributed by atoms with van der Waals surface area (Å²) in [4.78, 5) is 4.01. The molecular formula is C11H19N3O2S2. The van der Waals surface area contributed by atoms with E-state index in [0.717, 1.165) is 12.2 Å². The normalized spacial score (nSPS) is 13.8. The number of anilines is 1. The van der Waals surface area contributed by atoms with Gasteiger partial charge in [0.05, 0.1) is 0 Å². The van der Waals surface area contributed by atoms with Gasteiger partial charge in [-0.2, -0.15) is 16.1 Å². The van der Waals surface area contributed by atoms with Gasteiger partial charge in [-0.15, -0.1) is 0 Å². The zero-order valence-electron chi connectivity index (χ0n) is 10.8. The lowest BCUT2D eigenvalue weighted by Gasteiger charge is -2.25. The van der Waals surface area contributed by atoms with Crippen molar-refractivity contribution < 1.29 is 8.42 Å². The van der Waals surface area contributed by atoms with Crippen molar-refractivity contribution in [1.29, 1.82) is 0 Å². The molecule has 1 atom stereocenters. The van der Waals surface area contributed by atoms with Crippen molar-refractivity contribution in [3.63, 3.8) is 0 Å². The molecule has 0 aliphatic rings. The lowest BCUT2D eigenvalue weighted by Crippen LogP contribution is -2.38. The van der Waals surface area contributed by atoms with E-state index in [0.29, 0.717) is 5.82 Å². The van der Waals surface area contributed by atoms with Gasteiger partial charge in [-0.25, -0.2) is 13.4 Å². The molecule has 18 heavy (non-hydrogen) atoms. The molecule has 2 N–H and O–H groups in total. The fourth-order valence-corrected chi connectivity index (χ4v) is 3.89. The predicted octanol–water partition coefficient (Wildman–Crippen LogP) is 1.43. The van der Waals surface area contributed by atoms with Gasteiger partial charge >= 0.3 is 0 Å². The highest BCUT2D eigenvalue weighted by Gasteiger charge is 2.26. The SMILES string of the molecule is CCC(CSC)N(C)S(=O)(=O)c1ccc(N)nc1. The Labute approximate surface area is 113 Å². The van der Waals surface area contributed by atoms with Crippen LogP contribution in [0, 0.1) is 0 Å². The summed E-state index contributed by atoms with van der Waals surface area (Å²) in [5.41, 5.74) is 5.46. The van der Waals surface area contributed by atoms with Crippen LogP contribution in [0.1, 0.15) is 13.3 Å². The summed E-state index contributed by atoms with van der Waals surface area (Å²) in [6.07, 6.45) is 4.04. The molecule has 0 spiro atoms. The van der Waals surface area contributed by atoms with Gasteiger partial charge in [-0.3, -0.25) is 0 Å². The molecule has 1 heterocycles. The largest absolute Gasteiger partial charge is 0.384 e. The molecule has 0 saturated carbocycles. The monoisotopic (exact) mass is 289 g/mol. The number of hydrogen-bond acceptors (Lipinski definition) is 5. The molecule has 1 rings (SSSR count). The third kappa shape index (κ3) is 3.37. The summed E-state index contributed by atoms with van der Waals surface area (Å²) in [5, 5.41) is 0. The van der Waals surface area contributed by atoms with Crippen molar-refractivity contribution in [3.8, 4) is 0 Å². The highest BCUT2D eigenvalue weighted by Crippen LogP contribution is 2.19. The van der Waals surface area contributed by atoms with Crippen molar-refractivity contribution in [3.05, 3.63) is 18.3 Å². The van der Waals surface area contributed by atoms with Crippen LogP contribution >= 0.6 is 11.8 Å². The zero-order chi connectivity index (χ0) is 13.8. The fourth-order valence-electron chi connectivity index (χ4n) is 1.58. The number of hydrogen-bond donors (Lipinski definition) is 1. The lowest BCUT2D eigenvalue weighted by molar-refractivity contribution is 0.385. The first kappa shape index (κ1) is 15.3. The van der Waals surface area contributed by atoms with Crippen molar-refractivity contribution >= 4 is 27.6 Å². The summed E-state index contributed by atoms with van der Waals surface area (Å²) in [7, 11) is -1.88. The molecule has 0 aromatic carbocycles. The summed E-state index contributed by atoms with van der Waals surface area (Å²) in [6, 6.07) is 2.97. The molecule has 0 fully saturated rings. The molecule has 0 saturated heterocycles. The van der Waals surface area contributed by atoms with Crippen LogP contribution in [0.2, 0.25) is 0 Å². The number of thioether (sulfide) groups is 1. The van der Waals surface area contributed by atoms with E-state index in [9.17, 15) is 8.42 Å².